The van der Waals surface area contributed by atoms with Crippen LogP contribution in [0.2, 0.25) is 5.02 Å². The van der Waals surface area contributed by atoms with Gasteiger partial charge in [-0.25, -0.2) is 0 Å². The zero-order chi connectivity index (χ0) is 15.7. The Labute approximate surface area is 134 Å². The smallest absolute Gasteiger partial charge is 0.186 e. The molecule has 0 radical (unpaired) electrons. The van der Waals surface area contributed by atoms with E-state index >= 15 is 0 Å². The molecule has 0 spiro atoms. The van der Waals surface area contributed by atoms with Gasteiger partial charge in [0, 0.05) is 6.54 Å². The third-order valence-corrected chi connectivity index (χ3v) is 2.79. The number of rotatable bonds is 6. The summed E-state index contributed by atoms with van der Waals surface area (Å²) in [6.07, 6.45) is 6.73. The van der Waals surface area contributed by atoms with E-state index in [4.69, 9.17) is 39.7 Å². The predicted octanol–water partition coefficient (Wildman–Crippen LogP) is 2.18. The minimum atomic E-state index is 0.113. The van der Waals surface area contributed by atoms with E-state index in [0.717, 1.165) is 12.1 Å². The highest BCUT2D eigenvalue weighted by atomic mass is 35.5. The van der Waals surface area contributed by atoms with Gasteiger partial charge >= 0.3 is 0 Å². The van der Waals surface area contributed by atoms with Crippen molar-refractivity contribution >= 4 is 35.1 Å². The zero-order valence-electron chi connectivity index (χ0n) is 11.8. The van der Waals surface area contributed by atoms with Gasteiger partial charge in [-0.15, -0.1) is 6.42 Å². The molecule has 0 aliphatic rings. The van der Waals surface area contributed by atoms with Crippen LogP contribution in [-0.2, 0) is 0 Å². The Balaban J connectivity index is 2.85. The van der Waals surface area contributed by atoms with Gasteiger partial charge in [0.15, 0.2) is 16.6 Å². The minimum absolute atomic E-state index is 0.113. The molecule has 0 unspecified atom stereocenters. The quantitative estimate of drug-likeness (QED) is 0.363. The summed E-state index contributed by atoms with van der Waals surface area (Å²) >= 11 is 11.1. The van der Waals surface area contributed by atoms with Gasteiger partial charge in [0.25, 0.3) is 0 Å². The lowest BCUT2D eigenvalue weighted by atomic mass is 10.2. The summed E-state index contributed by atoms with van der Waals surface area (Å²) in [5.41, 5.74) is 3.42. The van der Waals surface area contributed by atoms with Crippen molar-refractivity contribution in [2.75, 3.05) is 20.3 Å². The van der Waals surface area contributed by atoms with Crippen molar-refractivity contribution in [1.29, 1.82) is 0 Å². The minimum Gasteiger partial charge on any atom is -0.493 e. The van der Waals surface area contributed by atoms with Crippen LogP contribution in [0.25, 0.3) is 0 Å². The Morgan fingerprint density at radius 3 is 2.95 bits per heavy atom. The molecule has 0 aliphatic carbocycles. The van der Waals surface area contributed by atoms with Crippen LogP contribution in [-0.4, -0.2) is 31.6 Å². The standard InChI is InChI=1S/C14H16ClN3O2S/c1-4-6-20-13-11(15)7-10(8-12(13)19-3)9-17-18-14(21)16-5-2/h1,7-9H,5-6H2,2-3H3,(H2,16,18,21). The van der Waals surface area contributed by atoms with Crippen LogP contribution >= 0.6 is 23.8 Å². The second-order valence-corrected chi connectivity index (χ2v) is 4.57. The number of benzene rings is 1. The van der Waals surface area contributed by atoms with E-state index in [9.17, 15) is 0 Å². The van der Waals surface area contributed by atoms with E-state index in [1.165, 1.54) is 7.11 Å². The van der Waals surface area contributed by atoms with Gasteiger partial charge in [0.05, 0.1) is 18.3 Å². The van der Waals surface area contributed by atoms with Crippen molar-refractivity contribution in [3.8, 4) is 23.8 Å². The van der Waals surface area contributed by atoms with E-state index in [0.29, 0.717) is 21.6 Å². The van der Waals surface area contributed by atoms with Gasteiger partial charge in [-0.05, 0) is 36.8 Å². The van der Waals surface area contributed by atoms with Crippen LogP contribution in [0, 0.1) is 12.3 Å². The fraction of sp³-hybridized carbons (Fsp3) is 0.286. The first-order valence-electron chi connectivity index (χ1n) is 6.13. The van der Waals surface area contributed by atoms with Crippen LogP contribution < -0.4 is 20.2 Å². The summed E-state index contributed by atoms with van der Waals surface area (Å²) < 4.78 is 10.6. The number of nitrogens with one attached hydrogen (secondary N) is 2. The van der Waals surface area contributed by atoms with Crippen molar-refractivity contribution in [2.24, 2.45) is 5.10 Å². The summed E-state index contributed by atoms with van der Waals surface area (Å²) in [5.74, 6) is 3.26. The second kappa shape index (κ2) is 9.06. The Hall–Kier alpha value is -1.97. The highest BCUT2D eigenvalue weighted by Crippen LogP contribution is 2.35. The molecule has 1 aromatic rings. The first kappa shape index (κ1) is 17.1. The molecule has 0 aromatic heterocycles. The molecule has 0 saturated heterocycles. The molecule has 0 heterocycles. The van der Waals surface area contributed by atoms with Crippen LogP contribution in [0.3, 0.4) is 0 Å². The van der Waals surface area contributed by atoms with E-state index in [1.54, 1.807) is 18.3 Å². The number of hydrogen-bond donors (Lipinski definition) is 2. The van der Waals surface area contributed by atoms with Crippen molar-refractivity contribution in [3.63, 3.8) is 0 Å². The van der Waals surface area contributed by atoms with Gasteiger partial charge in [-0.3, -0.25) is 5.43 Å². The Kier molecular flexibility index (Phi) is 7.37. The predicted molar refractivity (Wildman–Crippen MR) is 89.3 cm³/mol. The van der Waals surface area contributed by atoms with E-state index in [-0.39, 0.29) is 6.61 Å². The van der Waals surface area contributed by atoms with Gasteiger partial charge in [0.1, 0.15) is 6.61 Å². The first-order valence-corrected chi connectivity index (χ1v) is 6.91. The molecule has 1 rings (SSSR count). The number of nitrogens with zero attached hydrogens (tertiary/aromatic N) is 1. The molecule has 112 valence electrons. The third kappa shape index (κ3) is 5.50. The Morgan fingerprint density at radius 2 is 2.33 bits per heavy atom. The molecule has 0 atom stereocenters. The molecule has 0 aliphatic heterocycles. The molecule has 0 saturated carbocycles. The number of terminal acetylenes is 1. The molecule has 1 aromatic carbocycles. The second-order valence-electron chi connectivity index (χ2n) is 3.76. The summed E-state index contributed by atoms with van der Waals surface area (Å²) in [4.78, 5) is 0. The van der Waals surface area contributed by atoms with Crippen LogP contribution in [0.1, 0.15) is 12.5 Å². The van der Waals surface area contributed by atoms with Crippen molar-refractivity contribution in [1.82, 2.24) is 10.7 Å². The van der Waals surface area contributed by atoms with E-state index in [2.05, 4.69) is 21.8 Å². The molecular weight excluding hydrogens is 310 g/mol. The topological polar surface area (TPSA) is 54.9 Å². The van der Waals surface area contributed by atoms with Crippen LogP contribution in [0.5, 0.6) is 11.5 Å². The van der Waals surface area contributed by atoms with E-state index < -0.39 is 0 Å². The molecule has 21 heavy (non-hydrogen) atoms. The molecule has 7 heteroatoms. The number of hydrogen-bond acceptors (Lipinski definition) is 4. The van der Waals surface area contributed by atoms with Crippen molar-refractivity contribution in [3.05, 3.63) is 22.7 Å². The van der Waals surface area contributed by atoms with Crippen molar-refractivity contribution < 1.29 is 9.47 Å². The van der Waals surface area contributed by atoms with Crippen molar-refractivity contribution in [2.45, 2.75) is 6.92 Å². The third-order valence-electron chi connectivity index (χ3n) is 2.27. The normalized spacial score (nSPS) is 10.0. The molecule has 0 bridgehead atoms. The average molecular weight is 326 g/mol. The number of halogens is 1. The maximum atomic E-state index is 6.15. The molecule has 2 N–H and O–H groups in total. The highest BCUT2D eigenvalue weighted by Gasteiger charge is 2.11. The van der Waals surface area contributed by atoms with Gasteiger partial charge < -0.3 is 14.8 Å². The monoisotopic (exact) mass is 325 g/mol. The molecular formula is C14H16ClN3O2S. The highest BCUT2D eigenvalue weighted by molar-refractivity contribution is 7.80. The number of hydrazone groups is 1. The number of thiocarbonyl (C=S) groups is 1. The fourth-order valence-electron chi connectivity index (χ4n) is 1.43. The number of methoxy groups -OCH3 is 1. The Morgan fingerprint density at radius 1 is 1.57 bits per heavy atom. The fourth-order valence-corrected chi connectivity index (χ4v) is 1.90. The lowest BCUT2D eigenvalue weighted by Crippen LogP contribution is -2.31. The number of ether oxygens (including phenoxy) is 2. The molecule has 0 amide bonds. The largest absolute Gasteiger partial charge is 0.493 e. The van der Waals surface area contributed by atoms with Gasteiger partial charge in [-0.2, -0.15) is 5.10 Å². The van der Waals surface area contributed by atoms with Crippen LogP contribution in [0.4, 0.5) is 0 Å². The summed E-state index contributed by atoms with van der Waals surface area (Å²) in [5, 5.41) is 7.75. The lowest BCUT2D eigenvalue weighted by Gasteiger charge is -2.11. The van der Waals surface area contributed by atoms with Gasteiger partial charge in [0.2, 0.25) is 0 Å². The zero-order valence-corrected chi connectivity index (χ0v) is 13.3. The maximum absolute atomic E-state index is 6.15. The summed E-state index contributed by atoms with van der Waals surface area (Å²) in [6, 6.07) is 3.43. The average Bonchev–Trinajstić information content (AvgIpc) is 2.46. The van der Waals surface area contributed by atoms with E-state index in [1.807, 2.05) is 6.92 Å². The first-order chi connectivity index (χ1) is 10.1. The summed E-state index contributed by atoms with van der Waals surface area (Å²) in [6.45, 7) is 2.78. The summed E-state index contributed by atoms with van der Waals surface area (Å²) in [7, 11) is 1.52. The van der Waals surface area contributed by atoms with Gasteiger partial charge in [-0.1, -0.05) is 17.5 Å². The Bertz CT molecular complexity index is 570. The SMILES string of the molecule is C#CCOc1c(Cl)cc(C=NNC(=S)NCC)cc1OC. The van der Waals surface area contributed by atoms with Crippen LogP contribution in [0.15, 0.2) is 17.2 Å². The molecule has 0 fully saturated rings. The molecule has 5 nitrogen and oxygen atoms in total. The lowest BCUT2D eigenvalue weighted by molar-refractivity contribution is 0.331. The maximum Gasteiger partial charge on any atom is 0.186 e.